The van der Waals surface area contributed by atoms with Gasteiger partial charge in [0.2, 0.25) is 0 Å². The molecule has 0 N–H and O–H groups in total. The van der Waals surface area contributed by atoms with Crippen molar-refractivity contribution in [2.75, 3.05) is 26.9 Å². The summed E-state index contributed by atoms with van der Waals surface area (Å²) in [6.07, 6.45) is -0.153. The van der Waals surface area contributed by atoms with E-state index >= 15 is 0 Å². The zero-order chi connectivity index (χ0) is 13.1. The molecule has 0 saturated carbocycles. The van der Waals surface area contributed by atoms with Gasteiger partial charge < -0.3 is 19.1 Å². The van der Waals surface area contributed by atoms with Crippen LogP contribution < -0.4 is 0 Å². The smallest absolute Gasteiger partial charge is 0.410 e. The number of epoxide rings is 1. The maximum Gasteiger partial charge on any atom is 0.410 e. The molecule has 0 aromatic carbocycles. The molecule has 0 aromatic rings. The number of amides is 1. The van der Waals surface area contributed by atoms with Crippen molar-refractivity contribution >= 4 is 6.09 Å². The first-order chi connectivity index (χ1) is 7.83. The van der Waals surface area contributed by atoms with E-state index in [1.165, 1.54) is 0 Å². The van der Waals surface area contributed by atoms with Gasteiger partial charge in [0.15, 0.2) is 0 Å². The van der Waals surface area contributed by atoms with Crippen molar-refractivity contribution in [3.8, 4) is 0 Å². The quantitative estimate of drug-likeness (QED) is 0.691. The Labute approximate surface area is 103 Å². The van der Waals surface area contributed by atoms with Gasteiger partial charge in [-0.25, -0.2) is 4.79 Å². The van der Waals surface area contributed by atoms with Crippen LogP contribution in [-0.4, -0.2) is 55.6 Å². The molecule has 17 heavy (non-hydrogen) atoms. The third-order valence-electron chi connectivity index (χ3n) is 2.37. The Morgan fingerprint density at radius 1 is 1.53 bits per heavy atom. The summed E-state index contributed by atoms with van der Waals surface area (Å²) in [5.41, 5.74) is -0.480. The van der Waals surface area contributed by atoms with Crippen molar-refractivity contribution in [1.29, 1.82) is 0 Å². The largest absolute Gasteiger partial charge is 0.444 e. The van der Waals surface area contributed by atoms with Crippen LogP contribution in [0, 0.1) is 0 Å². The summed E-state index contributed by atoms with van der Waals surface area (Å²) in [4.78, 5) is 13.7. The number of carbonyl (C=O) groups is 1. The first-order valence-corrected chi connectivity index (χ1v) is 5.93. The van der Waals surface area contributed by atoms with Crippen molar-refractivity contribution in [1.82, 2.24) is 4.90 Å². The molecule has 1 heterocycles. The summed E-state index contributed by atoms with van der Waals surface area (Å²) in [5.74, 6) is 0. The van der Waals surface area contributed by atoms with E-state index in [9.17, 15) is 4.79 Å². The van der Waals surface area contributed by atoms with Crippen LogP contribution in [0.3, 0.4) is 0 Å². The normalized spacial score (nSPS) is 20.9. The second-order valence-electron chi connectivity index (χ2n) is 5.39. The molecule has 1 aliphatic rings. The number of hydrogen-bond donors (Lipinski definition) is 0. The van der Waals surface area contributed by atoms with Crippen molar-refractivity contribution in [2.45, 2.75) is 45.4 Å². The lowest BCUT2D eigenvalue weighted by Gasteiger charge is -2.31. The molecule has 0 radical (unpaired) electrons. The molecule has 1 fully saturated rings. The maximum atomic E-state index is 12.0. The highest BCUT2D eigenvalue weighted by Crippen LogP contribution is 2.17. The molecular formula is C12H23NO4. The summed E-state index contributed by atoms with van der Waals surface area (Å²) in [5, 5.41) is 0. The van der Waals surface area contributed by atoms with Gasteiger partial charge in [-0.05, 0) is 27.7 Å². The fourth-order valence-electron chi connectivity index (χ4n) is 1.48. The predicted octanol–water partition coefficient (Wildman–Crippen LogP) is 1.66. The van der Waals surface area contributed by atoms with Gasteiger partial charge >= 0.3 is 6.09 Å². The predicted molar refractivity (Wildman–Crippen MR) is 64.0 cm³/mol. The van der Waals surface area contributed by atoms with Crippen LogP contribution in [-0.2, 0) is 14.2 Å². The van der Waals surface area contributed by atoms with Crippen LogP contribution in [0.4, 0.5) is 4.79 Å². The molecule has 1 aliphatic heterocycles. The maximum absolute atomic E-state index is 12.0. The van der Waals surface area contributed by atoms with Crippen molar-refractivity contribution in [2.24, 2.45) is 0 Å². The van der Waals surface area contributed by atoms with Crippen LogP contribution in [0.2, 0.25) is 0 Å². The number of carbonyl (C=O) groups excluding carboxylic acids is 1. The lowest BCUT2D eigenvalue weighted by atomic mass is 10.2. The van der Waals surface area contributed by atoms with E-state index in [0.717, 1.165) is 6.61 Å². The zero-order valence-electron chi connectivity index (χ0n) is 11.4. The number of ether oxygens (including phenoxy) is 3. The molecular weight excluding hydrogens is 222 g/mol. The first-order valence-electron chi connectivity index (χ1n) is 5.93. The van der Waals surface area contributed by atoms with E-state index in [0.29, 0.717) is 13.2 Å². The first kappa shape index (κ1) is 14.3. The number of rotatable bonds is 5. The van der Waals surface area contributed by atoms with Crippen LogP contribution in [0.25, 0.3) is 0 Å². The highest BCUT2D eigenvalue weighted by Gasteiger charge is 2.32. The fourth-order valence-corrected chi connectivity index (χ4v) is 1.48. The Bertz CT molecular complexity index is 258. The Balaban J connectivity index is 2.57. The fraction of sp³-hybridized carbons (Fsp3) is 0.917. The van der Waals surface area contributed by atoms with E-state index in [1.54, 1.807) is 12.0 Å². The summed E-state index contributed by atoms with van der Waals surface area (Å²) in [7, 11) is 1.62. The minimum atomic E-state index is -0.480. The van der Waals surface area contributed by atoms with Gasteiger partial charge in [-0.3, -0.25) is 0 Å². The summed E-state index contributed by atoms with van der Waals surface area (Å²) >= 11 is 0. The molecule has 0 spiro atoms. The van der Waals surface area contributed by atoms with Crippen LogP contribution in [0.5, 0.6) is 0 Å². The zero-order valence-corrected chi connectivity index (χ0v) is 11.4. The van der Waals surface area contributed by atoms with E-state index in [-0.39, 0.29) is 18.2 Å². The number of hydrogen-bond acceptors (Lipinski definition) is 4. The minimum absolute atomic E-state index is 0.0148. The molecule has 0 bridgehead atoms. The highest BCUT2D eigenvalue weighted by molar-refractivity contribution is 5.68. The van der Waals surface area contributed by atoms with Gasteiger partial charge in [0, 0.05) is 7.11 Å². The van der Waals surface area contributed by atoms with Crippen LogP contribution >= 0.6 is 0 Å². The second-order valence-corrected chi connectivity index (χ2v) is 5.39. The molecule has 2 unspecified atom stereocenters. The van der Waals surface area contributed by atoms with Crippen LogP contribution in [0.1, 0.15) is 27.7 Å². The average Bonchev–Trinajstić information content (AvgIpc) is 2.94. The Morgan fingerprint density at radius 3 is 2.53 bits per heavy atom. The summed E-state index contributed by atoms with van der Waals surface area (Å²) < 4.78 is 15.6. The van der Waals surface area contributed by atoms with Crippen molar-refractivity contribution in [3.05, 3.63) is 0 Å². The molecule has 5 nitrogen and oxygen atoms in total. The van der Waals surface area contributed by atoms with Gasteiger partial charge in [0.1, 0.15) is 5.60 Å². The van der Waals surface area contributed by atoms with Crippen molar-refractivity contribution in [3.63, 3.8) is 0 Å². The van der Waals surface area contributed by atoms with E-state index < -0.39 is 5.60 Å². The Hall–Kier alpha value is -0.810. The van der Waals surface area contributed by atoms with Gasteiger partial charge in [0.25, 0.3) is 0 Å². The third-order valence-corrected chi connectivity index (χ3v) is 2.37. The highest BCUT2D eigenvalue weighted by atomic mass is 16.6. The molecule has 0 aliphatic carbocycles. The third kappa shape index (κ3) is 5.37. The topological polar surface area (TPSA) is 51.3 Å². The average molecular weight is 245 g/mol. The van der Waals surface area contributed by atoms with Gasteiger partial charge in [-0.1, -0.05) is 0 Å². The van der Waals surface area contributed by atoms with Gasteiger partial charge in [-0.15, -0.1) is 0 Å². The summed E-state index contributed by atoms with van der Waals surface area (Å²) in [6, 6.07) is -0.0148. The van der Waals surface area contributed by atoms with Crippen LogP contribution in [0.15, 0.2) is 0 Å². The number of nitrogens with zero attached hydrogens (tertiary/aromatic N) is 1. The molecule has 2 atom stereocenters. The minimum Gasteiger partial charge on any atom is -0.444 e. The Kier molecular flexibility index (Phi) is 4.77. The van der Waals surface area contributed by atoms with E-state index in [4.69, 9.17) is 14.2 Å². The lowest BCUT2D eigenvalue weighted by Crippen LogP contribution is -2.45. The molecule has 1 rings (SSSR count). The lowest BCUT2D eigenvalue weighted by molar-refractivity contribution is 0.00684. The van der Waals surface area contributed by atoms with Gasteiger partial charge in [0.05, 0.1) is 31.9 Å². The SMILES string of the molecule is COCC(C)N(CC1CO1)C(=O)OC(C)(C)C. The summed E-state index contributed by atoms with van der Waals surface area (Å²) in [6.45, 7) is 9.30. The van der Waals surface area contributed by atoms with E-state index in [1.807, 2.05) is 27.7 Å². The Morgan fingerprint density at radius 2 is 2.12 bits per heavy atom. The van der Waals surface area contributed by atoms with E-state index in [2.05, 4.69) is 0 Å². The second kappa shape index (κ2) is 5.69. The molecule has 100 valence electrons. The van der Waals surface area contributed by atoms with Crippen molar-refractivity contribution < 1.29 is 19.0 Å². The molecule has 5 heteroatoms. The molecule has 1 amide bonds. The molecule has 0 aromatic heterocycles. The monoisotopic (exact) mass is 245 g/mol. The number of methoxy groups -OCH3 is 1. The molecule has 1 saturated heterocycles. The standard InChI is InChI=1S/C12H23NO4/c1-9(7-15-5)13(6-10-8-16-10)11(14)17-12(2,3)4/h9-10H,6-8H2,1-5H3. The van der Waals surface area contributed by atoms with Gasteiger partial charge in [-0.2, -0.15) is 0 Å².